The van der Waals surface area contributed by atoms with Crippen LogP contribution in [0, 0.1) is 0 Å². The fourth-order valence-electron chi connectivity index (χ4n) is 0. The highest BCUT2D eigenvalue weighted by Gasteiger charge is 1.66. The summed E-state index contributed by atoms with van der Waals surface area (Å²) < 4.78 is 0. The summed E-state index contributed by atoms with van der Waals surface area (Å²) in [6.07, 6.45) is 0. The van der Waals surface area contributed by atoms with Gasteiger partial charge in [0.15, 0.2) is 0 Å². The third-order valence-corrected chi connectivity index (χ3v) is 0.500. The quantitative estimate of drug-likeness (QED) is 0.218. The van der Waals surface area contributed by atoms with Crippen LogP contribution in [-0.4, -0.2) is 83.6 Å². The van der Waals surface area contributed by atoms with Gasteiger partial charge in [0.05, 0.1) is 0 Å². The number of rotatable bonds is 3. The first kappa shape index (κ1) is 44.8. The molecule has 0 aromatic carbocycles. The molecule has 14 nitrogen and oxygen atoms in total. The van der Waals surface area contributed by atoms with E-state index in [0.717, 1.165) is 27.7 Å². The largest absolute Gasteiger partial charge is 0.481 e. The maximum absolute atomic E-state index is 9.00. The molecule has 0 amide bonds. The van der Waals surface area contributed by atoms with Crippen molar-refractivity contribution in [3.05, 3.63) is 0 Å². The standard InChI is InChI=1S/3C2H8N2.4C2H4O2/c3*3-1-2-4;4*1-2(3)4/h3*1-4H2;4*1H3,(H,3,4). The average Bonchev–Trinajstić information content (AvgIpc) is 2.53. The van der Waals surface area contributed by atoms with Crippen molar-refractivity contribution in [2.45, 2.75) is 27.7 Å². The second kappa shape index (κ2) is 56.3. The molecule has 0 saturated carbocycles. The van der Waals surface area contributed by atoms with E-state index in [1.54, 1.807) is 0 Å². The lowest BCUT2D eigenvalue weighted by atomic mass is 10.7. The molecule has 0 unspecified atom stereocenters. The number of carboxylic acid groups (broad SMARTS) is 4. The van der Waals surface area contributed by atoms with Crippen molar-refractivity contribution in [2.75, 3.05) is 39.3 Å². The number of carbonyl (C=O) groups is 4. The van der Waals surface area contributed by atoms with Crippen LogP contribution in [0.3, 0.4) is 0 Å². The number of carboxylic acids is 4. The first-order chi connectivity index (χ1) is 12.7. The lowest BCUT2D eigenvalue weighted by Gasteiger charge is -1.72. The van der Waals surface area contributed by atoms with Crippen molar-refractivity contribution >= 4 is 23.9 Å². The minimum absolute atomic E-state index is 0.597. The molecule has 0 fully saturated rings. The zero-order valence-electron chi connectivity index (χ0n) is 17.1. The van der Waals surface area contributed by atoms with Crippen LogP contribution in [0.4, 0.5) is 0 Å². The Bertz CT molecular complexity index is 241. The molecule has 14 heteroatoms. The van der Waals surface area contributed by atoms with Crippen LogP contribution >= 0.6 is 0 Å². The Hall–Kier alpha value is -2.36. The van der Waals surface area contributed by atoms with Gasteiger partial charge in [-0.15, -0.1) is 0 Å². The summed E-state index contributed by atoms with van der Waals surface area (Å²) in [7, 11) is 0. The van der Waals surface area contributed by atoms with Gasteiger partial charge in [0.25, 0.3) is 23.9 Å². The molecule has 0 aliphatic heterocycles. The van der Waals surface area contributed by atoms with Crippen molar-refractivity contribution in [3.63, 3.8) is 0 Å². The summed E-state index contributed by atoms with van der Waals surface area (Å²) in [6, 6.07) is 0. The van der Waals surface area contributed by atoms with E-state index in [1.165, 1.54) is 0 Å². The lowest BCUT2D eigenvalue weighted by molar-refractivity contribution is -0.135. The number of hydrogen-bond donors (Lipinski definition) is 10. The van der Waals surface area contributed by atoms with Crippen LogP contribution in [0.5, 0.6) is 0 Å². The van der Waals surface area contributed by atoms with E-state index in [1.807, 2.05) is 0 Å². The van der Waals surface area contributed by atoms with Crippen LogP contribution in [0.15, 0.2) is 0 Å². The van der Waals surface area contributed by atoms with Gasteiger partial charge >= 0.3 is 0 Å². The van der Waals surface area contributed by atoms with Crippen molar-refractivity contribution < 1.29 is 39.6 Å². The third kappa shape index (κ3) is 29600. The summed E-state index contributed by atoms with van der Waals surface area (Å²) in [5.74, 6) is -3.33. The predicted molar refractivity (Wildman–Crippen MR) is 108 cm³/mol. The minimum atomic E-state index is -0.833. The van der Waals surface area contributed by atoms with E-state index in [2.05, 4.69) is 0 Å². The Kier molecular flexibility index (Phi) is 90.1. The van der Waals surface area contributed by atoms with Gasteiger partial charge in [-0.05, 0) is 0 Å². The van der Waals surface area contributed by atoms with Crippen molar-refractivity contribution in [1.82, 2.24) is 0 Å². The minimum Gasteiger partial charge on any atom is -0.481 e. The molecule has 28 heavy (non-hydrogen) atoms. The average molecular weight is 421 g/mol. The number of nitrogens with two attached hydrogens (primary N) is 6. The van der Waals surface area contributed by atoms with Gasteiger partial charge < -0.3 is 54.8 Å². The molecule has 0 radical (unpaired) electrons. The van der Waals surface area contributed by atoms with E-state index in [9.17, 15) is 0 Å². The van der Waals surface area contributed by atoms with Crippen molar-refractivity contribution in [1.29, 1.82) is 0 Å². The van der Waals surface area contributed by atoms with Crippen molar-refractivity contribution in [3.8, 4) is 0 Å². The van der Waals surface area contributed by atoms with Crippen LogP contribution in [-0.2, 0) is 19.2 Å². The van der Waals surface area contributed by atoms with E-state index < -0.39 is 23.9 Å². The first-order valence-corrected chi connectivity index (χ1v) is 7.66. The molecular formula is C14H40N6O8. The molecular weight excluding hydrogens is 380 g/mol. The van der Waals surface area contributed by atoms with Gasteiger partial charge in [0.2, 0.25) is 0 Å². The van der Waals surface area contributed by atoms with Gasteiger partial charge in [-0.1, -0.05) is 0 Å². The van der Waals surface area contributed by atoms with E-state index in [4.69, 9.17) is 74.0 Å². The molecule has 0 aromatic heterocycles. The fourth-order valence-corrected chi connectivity index (χ4v) is 0. The lowest BCUT2D eigenvalue weighted by Crippen LogP contribution is -2.11. The van der Waals surface area contributed by atoms with E-state index in [-0.39, 0.29) is 0 Å². The second-order valence-electron chi connectivity index (χ2n) is 3.81. The van der Waals surface area contributed by atoms with Crippen LogP contribution in [0.25, 0.3) is 0 Å². The topological polar surface area (TPSA) is 305 Å². The zero-order valence-corrected chi connectivity index (χ0v) is 17.1. The monoisotopic (exact) mass is 420 g/mol. The van der Waals surface area contributed by atoms with Gasteiger partial charge in [0.1, 0.15) is 0 Å². The van der Waals surface area contributed by atoms with Crippen LogP contribution < -0.4 is 34.4 Å². The fraction of sp³-hybridized carbons (Fsp3) is 0.714. The highest BCUT2D eigenvalue weighted by Crippen LogP contribution is 1.43. The SMILES string of the molecule is CC(=O)O.CC(=O)O.CC(=O)O.CC(=O)O.NCCN.NCCN.NCCN. The van der Waals surface area contributed by atoms with Gasteiger partial charge in [0, 0.05) is 67.0 Å². The molecule has 0 spiro atoms. The first-order valence-electron chi connectivity index (χ1n) is 7.66. The highest BCUT2D eigenvalue weighted by atomic mass is 16.4. The molecule has 0 aliphatic rings. The Balaban J connectivity index is -0.0000000367. The summed E-state index contributed by atoms with van der Waals surface area (Å²) in [6.45, 7) is 7.92. The Morgan fingerprint density at radius 2 is 0.464 bits per heavy atom. The summed E-state index contributed by atoms with van der Waals surface area (Å²) >= 11 is 0. The smallest absolute Gasteiger partial charge is 0.300 e. The molecule has 0 aromatic rings. The summed E-state index contributed by atoms with van der Waals surface area (Å²) in [4.78, 5) is 36.0. The molecule has 16 N–H and O–H groups in total. The Morgan fingerprint density at radius 3 is 0.464 bits per heavy atom. The molecule has 0 heterocycles. The molecule has 0 saturated heterocycles. The zero-order chi connectivity index (χ0) is 24.6. The Morgan fingerprint density at radius 1 is 0.429 bits per heavy atom. The molecule has 0 aliphatic carbocycles. The predicted octanol–water partition coefficient (Wildman–Crippen LogP) is -2.93. The third-order valence-electron chi connectivity index (χ3n) is 0.500. The molecule has 174 valence electrons. The van der Waals surface area contributed by atoms with Gasteiger partial charge in [-0.25, -0.2) is 0 Å². The van der Waals surface area contributed by atoms with Crippen LogP contribution in [0.2, 0.25) is 0 Å². The maximum Gasteiger partial charge on any atom is 0.300 e. The number of hydrogen-bond acceptors (Lipinski definition) is 10. The van der Waals surface area contributed by atoms with Crippen LogP contribution in [0.1, 0.15) is 27.7 Å². The normalized spacial score (nSPS) is 6.79. The summed E-state index contributed by atoms with van der Waals surface area (Å²) in [5.41, 5.74) is 29.4. The van der Waals surface area contributed by atoms with Gasteiger partial charge in [-0.2, -0.15) is 0 Å². The highest BCUT2D eigenvalue weighted by molar-refractivity contribution is 5.63. The summed E-state index contributed by atoms with van der Waals surface area (Å²) in [5, 5.41) is 29.7. The van der Waals surface area contributed by atoms with Crippen molar-refractivity contribution in [2.24, 2.45) is 34.4 Å². The molecule has 0 atom stereocenters. The van der Waals surface area contributed by atoms with E-state index in [0.29, 0.717) is 39.3 Å². The molecule has 0 bridgehead atoms. The maximum atomic E-state index is 9.00. The number of aliphatic carboxylic acids is 4. The van der Waals surface area contributed by atoms with E-state index >= 15 is 0 Å². The Labute approximate surface area is 165 Å². The van der Waals surface area contributed by atoms with Gasteiger partial charge in [-0.3, -0.25) is 19.2 Å². The molecule has 0 rings (SSSR count). The second-order valence-corrected chi connectivity index (χ2v) is 3.81.